The fourth-order valence-corrected chi connectivity index (χ4v) is 4.55. The number of rotatable bonds is 6. The van der Waals surface area contributed by atoms with Crippen LogP contribution in [0.15, 0.2) is 53.9 Å². The minimum Gasteiger partial charge on any atom is -0.497 e. The third-order valence-electron chi connectivity index (χ3n) is 5.13. The molecule has 2 heterocycles. The lowest BCUT2D eigenvalue weighted by molar-refractivity contribution is 0.414. The third-order valence-corrected chi connectivity index (χ3v) is 6.14. The van der Waals surface area contributed by atoms with Crippen LogP contribution in [0.5, 0.6) is 5.75 Å². The second-order valence-electron chi connectivity index (χ2n) is 7.15. The molecule has 0 spiro atoms. The SMILES string of the molecule is CCc1csc2ccc(-c3cc(N[C@@H](C)c4cccc(OC)c4)nc(C)n3)cc12. The van der Waals surface area contributed by atoms with Gasteiger partial charge in [-0.25, -0.2) is 9.97 Å². The van der Waals surface area contributed by atoms with Crippen molar-refractivity contribution >= 4 is 27.2 Å². The predicted molar refractivity (Wildman–Crippen MR) is 122 cm³/mol. The first-order chi connectivity index (χ1) is 14.1. The Morgan fingerprint density at radius 2 is 1.97 bits per heavy atom. The van der Waals surface area contributed by atoms with E-state index < -0.39 is 0 Å². The molecule has 2 aromatic heterocycles. The summed E-state index contributed by atoms with van der Waals surface area (Å²) < 4.78 is 6.67. The summed E-state index contributed by atoms with van der Waals surface area (Å²) in [6.07, 6.45) is 1.04. The number of anilines is 1. The lowest BCUT2D eigenvalue weighted by atomic mass is 10.1. The number of methoxy groups -OCH3 is 1. The zero-order valence-corrected chi connectivity index (χ0v) is 18.0. The van der Waals surface area contributed by atoms with Gasteiger partial charge in [0, 0.05) is 16.3 Å². The Morgan fingerprint density at radius 3 is 2.76 bits per heavy atom. The summed E-state index contributed by atoms with van der Waals surface area (Å²) in [5, 5.41) is 7.09. The van der Waals surface area contributed by atoms with E-state index in [1.807, 2.05) is 31.2 Å². The van der Waals surface area contributed by atoms with Crippen LogP contribution >= 0.6 is 11.3 Å². The second kappa shape index (κ2) is 8.21. The van der Waals surface area contributed by atoms with Crippen molar-refractivity contribution in [2.24, 2.45) is 0 Å². The van der Waals surface area contributed by atoms with E-state index in [0.717, 1.165) is 40.6 Å². The standard InChI is InChI=1S/C24H25N3OS/c1-5-17-14-29-23-10-9-19(12-21(17)23)22-13-24(27-16(3)26-22)25-15(2)18-7-6-8-20(11-18)28-4/h6-15H,5H2,1-4H3,(H,25,26,27)/t15-/m0/s1. The number of aromatic nitrogens is 2. The first-order valence-corrected chi connectivity index (χ1v) is 10.7. The number of benzene rings is 2. The van der Waals surface area contributed by atoms with Crippen LogP contribution in [0, 0.1) is 6.92 Å². The molecule has 1 atom stereocenters. The Morgan fingerprint density at radius 1 is 1.10 bits per heavy atom. The summed E-state index contributed by atoms with van der Waals surface area (Å²) in [6.45, 7) is 6.26. The largest absolute Gasteiger partial charge is 0.497 e. The third kappa shape index (κ3) is 4.10. The van der Waals surface area contributed by atoms with Crippen molar-refractivity contribution < 1.29 is 4.74 Å². The van der Waals surface area contributed by atoms with Crippen molar-refractivity contribution in [3.63, 3.8) is 0 Å². The zero-order chi connectivity index (χ0) is 20.4. The topological polar surface area (TPSA) is 47.0 Å². The molecule has 0 aliphatic carbocycles. The van der Waals surface area contributed by atoms with Gasteiger partial charge in [-0.05, 0) is 66.4 Å². The van der Waals surface area contributed by atoms with Gasteiger partial charge in [-0.1, -0.05) is 25.1 Å². The van der Waals surface area contributed by atoms with Crippen LogP contribution in [-0.2, 0) is 6.42 Å². The Labute approximate surface area is 175 Å². The van der Waals surface area contributed by atoms with E-state index in [2.05, 4.69) is 53.8 Å². The lowest BCUT2D eigenvalue weighted by Gasteiger charge is -2.17. The highest BCUT2D eigenvalue weighted by atomic mass is 32.1. The van der Waals surface area contributed by atoms with Crippen LogP contribution < -0.4 is 10.1 Å². The molecule has 0 saturated heterocycles. The van der Waals surface area contributed by atoms with Gasteiger partial charge in [0.25, 0.3) is 0 Å². The van der Waals surface area contributed by atoms with Gasteiger partial charge in [-0.2, -0.15) is 0 Å². The van der Waals surface area contributed by atoms with Crippen LogP contribution in [0.3, 0.4) is 0 Å². The Balaban J connectivity index is 1.65. The highest BCUT2D eigenvalue weighted by molar-refractivity contribution is 7.17. The number of hydrogen-bond acceptors (Lipinski definition) is 5. The van der Waals surface area contributed by atoms with Crippen molar-refractivity contribution in [2.75, 3.05) is 12.4 Å². The number of nitrogens with zero attached hydrogens (tertiary/aromatic N) is 2. The van der Waals surface area contributed by atoms with E-state index in [0.29, 0.717) is 0 Å². The van der Waals surface area contributed by atoms with Crippen LogP contribution in [0.25, 0.3) is 21.3 Å². The molecule has 0 unspecified atom stereocenters. The minimum absolute atomic E-state index is 0.0956. The van der Waals surface area contributed by atoms with E-state index in [1.54, 1.807) is 18.4 Å². The molecule has 0 amide bonds. The quantitative estimate of drug-likeness (QED) is 0.404. The fraction of sp³-hybridized carbons (Fsp3) is 0.250. The minimum atomic E-state index is 0.0956. The maximum Gasteiger partial charge on any atom is 0.130 e. The number of fused-ring (bicyclic) bond motifs is 1. The van der Waals surface area contributed by atoms with E-state index in [9.17, 15) is 0 Å². The van der Waals surface area contributed by atoms with Crippen molar-refractivity contribution in [1.82, 2.24) is 9.97 Å². The fourth-order valence-electron chi connectivity index (χ4n) is 3.52. The molecular formula is C24H25N3OS. The predicted octanol–water partition coefficient (Wildman–Crippen LogP) is 6.41. The molecule has 0 fully saturated rings. The first-order valence-electron chi connectivity index (χ1n) is 9.84. The van der Waals surface area contributed by atoms with Gasteiger partial charge >= 0.3 is 0 Å². The first kappa shape index (κ1) is 19.4. The number of nitrogens with one attached hydrogen (secondary N) is 1. The van der Waals surface area contributed by atoms with Crippen LogP contribution in [0.2, 0.25) is 0 Å². The molecule has 0 aliphatic heterocycles. The van der Waals surface area contributed by atoms with Crippen molar-refractivity contribution in [2.45, 2.75) is 33.2 Å². The molecule has 4 aromatic rings. The summed E-state index contributed by atoms with van der Waals surface area (Å²) >= 11 is 1.80. The van der Waals surface area contributed by atoms with Gasteiger partial charge in [0.05, 0.1) is 18.8 Å². The normalized spacial score (nSPS) is 12.1. The van der Waals surface area contributed by atoms with Crippen LogP contribution in [0.1, 0.15) is 36.8 Å². The van der Waals surface area contributed by atoms with Gasteiger partial charge < -0.3 is 10.1 Å². The maximum absolute atomic E-state index is 5.35. The van der Waals surface area contributed by atoms with E-state index in [-0.39, 0.29) is 6.04 Å². The lowest BCUT2D eigenvalue weighted by Crippen LogP contribution is -2.09. The Kier molecular flexibility index (Phi) is 5.49. The zero-order valence-electron chi connectivity index (χ0n) is 17.2. The number of thiophene rings is 1. The average molecular weight is 404 g/mol. The number of aryl methyl sites for hydroxylation is 2. The molecular weight excluding hydrogens is 378 g/mol. The molecule has 0 saturated carbocycles. The molecule has 1 N–H and O–H groups in total. The molecule has 2 aromatic carbocycles. The summed E-state index contributed by atoms with van der Waals surface area (Å²) in [4.78, 5) is 9.29. The summed E-state index contributed by atoms with van der Waals surface area (Å²) in [5.41, 5.74) is 4.60. The average Bonchev–Trinajstić information content (AvgIpc) is 3.15. The van der Waals surface area contributed by atoms with E-state index >= 15 is 0 Å². The van der Waals surface area contributed by atoms with Gasteiger partial charge in [0.15, 0.2) is 0 Å². The van der Waals surface area contributed by atoms with E-state index in [4.69, 9.17) is 9.72 Å². The molecule has 0 radical (unpaired) electrons. The van der Waals surface area contributed by atoms with Crippen molar-refractivity contribution in [3.05, 3.63) is 70.9 Å². The molecule has 148 valence electrons. The summed E-state index contributed by atoms with van der Waals surface area (Å²) in [7, 11) is 1.69. The van der Waals surface area contributed by atoms with Gasteiger partial charge in [0.1, 0.15) is 17.4 Å². The molecule has 4 rings (SSSR count). The molecule has 0 bridgehead atoms. The molecule has 5 heteroatoms. The number of hydrogen-bond donors (Lipinski definition) is 1. The highest BCUT2D eigenvalue weighted by Gasteiger charge is 2.11. The summed E-state index contributed by atoms with van der Waals surface area (Å²) in [6, 6.07) is 16.8. The van der Waals surface area contributed by atoms with Crippen LogP contribution in [0.4, 0.5) is 5.82 Å². The van der Waals surface area contributed by atoms with Crippen LogP contribution in [-0.4, -0.2) is 17.1 Å². The van der Waals surface area contributed by atoms with E-state index in [1.165, 1.54) is 15.6 Å². The number of ether oxygens (including phenoxy) is 1. The van der Waals surface area contributed by atoms with Crippen molar-refractivity contribution in [1.29, 1.82) is 0 Å². The molecule has 4 nitrogen and oxygen atoms in total. The Hall–Kier alpha value is -2.92. The summed E-state index contributed by atoms with van der Waals surface area (Å²) in [5.74, 6) is 2.43. The smallest absolute Gasteiger partial charge is 0.130 e. The molecule has 0 aliphatic rings. The Bertz CT molecular complexity index is 1150. The highest BCUT2D eigenvalue weighted by Crippen LogP contribution is 2.31. The van der Waals surface area contributed by atoms with Gasteiger partial charge in [0.2, 0.25) is 0 Å². The second-order valence-corrected chi connectivity index (χ2v) is 8.06. The molecule has 29 heavy (non-hydrogen) atoms. The van der Waals surface area contributed by atoms with Gasteiger partial charge in [-0.3, -0.25) is 0 Å². The monoisotopic (exact) mass is 403 g/mol. The van der Waals surface area contributed by atoms with Crippen molar-refractivity contribution in [3.8, 4) is 17.0 Å². The maximum atomic E-state index is 5.35. The van der Waals surface area contributed by atoms with Gasteiger partial charge in [-0.15, -0.1) is 11.3 Å².